The van der Waals surface area contributed by atoms with E-state index >= 15 is 0 Å². The van der Waals surface area contributed by atoms with Gasteiger partial charge in [-0.1, -0.05) is 62.4 Å². The number of benzene rings is 4. The lowest BCUT2D eigenvalue weighted by Gasteiger charge is -2.31. The molecule has 4 heterocycles. The molecule has 20 heteroatoms. The van der Waals surface area contributed by atoms with E-state index in [9.17, 15) is 33.6 Å². The number of amides is 7. The van der Waals surface area contributed by atoms with E-state index in [1.165, 1.54) is 12.0 Å². The first-order valence-corrected chi connectivity index (χ1v) is 24.6. The first-order valence-electron chi connectivity index (χ1n) is 24.6. The molecule has 4 aromatic carbocycles. The average molecular weight is 1010 g/mol. The van der Waals surface area contributed by atoms with Gasteiger partial charge in [-0.25, -0.2) is 19.2 Å². The summed E-state index contributed by atoms with van der Waals surface area (Å²) in [4.78, 5) is 102. The Morgan fingerprint density at radius 3 is 2.24 bits per heavy atom. The van der Waals surface area contributed by atoms with Crippen molar-refractivity contribution in [1.29, 1.82) is 0 Å². The van der Waals surface area contributed by atoms with Gasteiger partial charge in [0.15, 0.2) is 11.5 Å². The van der Waals surface area contributed by atoms with E-state index in [-0.39, 0.29) is 55.5 Å². The molecular formula is C54H59N9O11. The van der Waals surface area contributed by atoms with Gasteiger partial charge < -0.3 is 65.3 Å². The van der Waals surface area contributed by atoms with Gasteiger partial charge in [-0.05, 0) is 91.2 Å². The number of nitrogens with zero attached hydrogens (tertiary/aromatic N) is 3. The highest BCUT2D eigenvalue weighted by molar-refractivity contribution is 6.14. The summed E-state index contributed by atoms with van der Waals surface area (Å²) >= 11 is 0. The molecule has 20 nitrogen and oxygen atoms in total. The van der Waals surface area contributed by atoms with E-state index in [1.807, 2.05) is 55.6 Å². The number of likely N-dealkylation sites (N-methyl/N-ethyl adjacent to an activating group) is 1. The van der Waals surface area contributed by atoms with E-state index in [2.05, 4.69) is 31.2 Å². The molecule has 386 valence electrons. The van der Waals surface area contributed by atoms with E-state index in [4.69, 9.17) is 24.4 Å². The molecule has 3 aliphatic rings. The van der Waals surface area contributed by atoms with Gasteiger partial charge in [0.1, 0.15) is 24.3 Å². The lowest BCUT2D eigenvalue weighted by atomic mass is 9.98. The number of nitrogens with two attached hydrogens (primary N) is 1. The molecule has 2 unspecified atom stereocenters. The second-order valence-corrected chi connectivity index (χ2v) is 19.1. The van der Waals surface area contributed by atoms with E-state index in [0.717, 1.165) is 22.3 Å². The number of aromatic nitrogens is 1. The van der Waals surface area contributed by atoms with Crippen LogP contribution in [0.4, 0.5) is 25.8 Å². The van der Waals surface area contributed by atoms with Crippen molar-refractivity contribution >= 4 is 75.2 Å². The number of nitrogens with one attached hydrogen (secondary N) is 5. The van der Waals surface area contributed by atoms with Crippen molar-refractivity contribution in [3.8, 4) is 16.9 Å². The zero-order valence-corrected chi connectivity index (χ0v) is 41.8. The Balaban J connectivity index is 0.900. The Morgan fingerprint density at radius 1 is 0.865 bits per heavy atom. The number of carbonyl (C=O) groups is 7. The summed E-state index contributed by atoms with van der Waals surface area (Å²) in [6, 6.07) is 21.0. The van der Waals surface area contributed by atoms with Crippen LogP contribution in [0.5, 0.6) is 5.75 Å². The maximum Gasteiger partial charge on any atom is 0.415 e. The Morgan fingerprint density at radius 2 is 1.57 bits per heavy atom. The molecule has 2 aromatic heterocycles. The van der Waals surface area contributed by atoms with Gasteiger partial charge in [-0.3, -0.25) is 14.4 Å². The average Bonchev–Trinajstić information content (AvgIpc) is 4.18. The zero-order valence-electron chi connectivity index (χ0n) is 41.8. The maximum atomic E-state index is 14.4. The SMILES string of the molecule is COC(=O)c1c(C)[nH]c2c(OC(=O)N3CCN(C)CC3)cc3c(c12)CCN3C(=O)c1cc2cc(NC(=O)C(CCCNC(N)=O)NC(=O)C(NC(=O)OCC3c4ccccc4-c4ccccc43)C(C)C)ccc2o1. The van der Waals surface area contributed by atoms with Gasteiger partial charge in [0.05, 0.1) is 23.9 Å². The number of primary amides is 1. The van der Waals surface area contributed by atoms with Crippen molar-refractivity contribution < 1.29 is 52.2 Å². The van der Waals surface area contributed by atoms with Crippen molar-refractivity contribution in [3.63, 3.8) is 0 Å². The number of aromatic amines is 1. The van der Waals surface area contributed by atoms with Crippen LogP contribution in [0, 0.1) is 12.8 Å². The summed E-state index contributed by atoms with van der Waals surface area (Å²) in [6.07, 6.45) is -0.621. The van der Waals surface area contributed by atoms with Gasteiger partial charge in [0.25, 0.3) is 5.91 Å². The van der Waals surface area contributed by atoms with Crippen molar-refractivity contribution in [3.05, 3.63) is 113 Å². The van der Waals surface area contributed by atoms with Gasteiger partial charge in [0, 0.05) is 73.4 Å². The predicted molar refractivity (Wildman–Crippen MR) is 275 cm³/mol. The van der Waals surface area contributed by atoms with Crippen LogP contribution in [-0.4, -0.2) is 129 Å². The molecule has 0 bridgehead atoms. The van der Waals surface area contributed by atoms with Crippen LogP contribution in [0.15, 0.2) is 83.3 Å². The number of ether oxygens (including phenoxy) is 3. The van der Waals surface area contributed by atoms with Crippen LogP contribution in [0.2, 0.25) is 0 Å². The number of methoxy groups -OCH3 is 1. The van der Waals surface area contributed by atoms with Crippen LogP contribution in [0.25, 0.3) is 33.0 Å². The minimum atomic E-state index is -1.13. The standard InChI is InChI=1S/C54H59N9O11/c1-29(2)46(60-53(69)72-28-38-35-13-8-6-11-33(35)34-12-7-9-14-36(34)38)49(65)59-39(15-10-19-56-52(55)68)48(64)58-32-16-17-41-31(25-32)26-43(73-41)50(66)63-20-18-37-40(63)27-42(74-54(70)62-23-21-61(4)22-24-62)47-45(37)44(30(3)57-47)51(67)71-5/h6-9,11-14,16-17,25-27,29,38-39,46,57H,10,15,18-24,28H2,1-5H3,(H,58,64)(H,59,65)(H,60,69)(H3,55,56,68). The molecule has 0 radical (unpaired) electrons. The number of urea groups is 1. The van der Waals surface area contributed by atoms with Crippen LogP contribution in [0.3, 0.4) is 0 Å². The van der Waals surface area contributed by atoms with Gasteiger partial charge in [0.2, 0.25) is 11.8 Å². The zero-order chi connectivity index (χ0) is 52.4. The number of hydrogen-bond acceptors (Lipinski definition) is 12. The van der Waals surface area contributed by atoms with E-state index < -0.39 is 59.9 Å². The normalized spacial score (nSPS) is 15.0. The Kier molecular flexibility index (Phi) is 14.6. The quantitative estimate of drug-likeness (QED) is 0.0483. The topological polar surface area (TPSA) is 260 Å². The predicted octanol–water partition coefficient (Wildman–Crippen LogP) is 6.39. The molecule has 2 aliphatic heterocycles. The molecular weight excluding hydrogens is 951 g/mol. The number of alkyl carbamates (subject to hydrolysis) is 1. The largest absolute Gasteiger partial charge is 0.465 e. The smallest absolute Gasteiger partial charge is 0.415 e. The molecule has 74 heavy (non-hydrogen) atoms. The molecule has 9 rings (SSSR count). The fourth-order valence-corrected chi connectivity index (χ4v) is 10.1. The third kappa shape index (κ3) is 10.3. The van der Waals surface area contributed by atoms with Crippen LogP contribution in [0.1, 0.15) is 75.9 Å². The Bertz CT molecular complexity index is 3150. The third-order valence-electron chi connectivity index (χ3n) is 13.9. The lowest BCUT2D eigenvalue weighted by molar-refractivity contribution is -0.128. The third-order valence-corrected chi connectivity index (χ3v) is 13.9. The minimum absolute atomic E-state index is 0.0124. The number of hydrogen-bond donors (Lipinski definition) is 6. The summed E-state index contributed by atoms with van der Waals surface area (Å²) in [7, 11) is 3.26. The lowest BCUT2D eigenvalue weighted by Crippen LogP contribution is -2.54. The van der Waals surface area contributed by atoms with Crippen molar-refractivity contribution in [2.45, 2.75) is 58.0 Å². The number of esters is 1. The van der Waals surface area contributed by atoms with E-state index in [0.29, 0.717) is 77.1 Å². The number of piperazine rings is 1. The van der Waals surface area contributed by atoms with Crippen LogP contribution < -0.4 is 36.6 Å². The fourth-order valence-electron chi connectivity index (χ4n) is 10.1. The van der Waals surface area contributed by atoms with E-state index in [1.54, 1.807) is 56.0 Å². The molecule has 7 amide bonds. The van der Waals surface area contributed by atoms with Gasteiger partial charge in [-0.15, -0.1) is 0 Å². The maximum absolute atomic E-state index is 14.4. The second kappa shape index (κ2) is 21.4. The summed E-state index contributed by atoms with van der Waals surface area (Å²) in [5.41, 5.74) is 12.5. The summed E-state index contributed by atoms with van der Waals surface area (Å²) in [5, 5.41) is 11.8. The number of aryl methyl sites for hydroxylation is 1. The molecule has 1 fully saturated rings. The second-order valence-electron chi connectivity index (χ2n) is 19.1. The summed E-state index contributed by atoms with van der Waals surface area (Å²) in [5.74, 6) is -2.75. The molecule has 0 saturated carbocycles. The number of H-pyrrole nitrogens is 1. The highest BCUT2D eigenvalue weighted by atomic mass is 16.6. The summed E-state index contributed by atoms with van der Waals surface area (Å²) in [6.45, 7) is 7.94. The molecule has 1 aliphatic carbocycles. The number of anilines is 2. The molecule has 2 atom stereocenters. The Labute approximate surface area is 426 Å². The molecule has 7 N–H and O–H groups in total. The number of furan rings is 1. The van der Waals surface area contributed by atoms with Crippen LogP contribution >= 0.6 is 0 Å². The van der Waals surface area contributed by atoms with Crippen molar-refractivity contribution in [1.82, 2.24) is 30.7 Å². The van der Waals surface area contributed by atoms with Crippen molar-refractivity contribution in [2.24, 2.45) is 11.7 Å². The molecule has 6 aromatic rings. The number of fused-ring (bicyclic) bond motifs is 7. The monoisotopic (exact) mass is 1010 g/mol. The van der Waals surface area contributed by atoms with Gasteiger partial charge >= 0.3 is 24.2 Å². The molecule has 0 spiro atoms. The highest BCUT2D eigenvalue weighted by Crippen LogP contribution is 2.45. The highest BCUT2D eigenvalue weighted by Gasteiger charge is 2.36. The number of rotatable bonds is 15. The minimum Gasteiger partial charge on any atom is -0.465 e. The van der Waals surface area contributed by atoms with Gasteiger partial charge in [-0.2, -0.15) is 0 Å². The summed E-state index contributed by atoms with van der Waals surface area (Å²) < 4.78 is 23.0. The molecule has 1 saturated heterocycles. The van der Waals surface area contributed by atoms with Crippen molar-refractivity contribution in [2.75, 3.05) is 70.2 Å². The fraction of sp³-hybridized carbons (Fsp3) is 0.352. The van der Waals surface area contributed by atoms with Crippen LogP contribution in [-0.2, 0) is 25.5 Å². The first kappa shape index (κ1) is 50.5. The first-order chi connectivity index (χ1) is 35.6. The number of carbonyl (C=O) groups excluding carboxylic acids is 7. The Hall–Kier alpha value is -8.39.